The van der Waals surface area contributed by atoms with Crippen LogP contribution in [0.15, 0.2) is 24.3 Å². The van der Waals surface area contributed by atoms with Gasteiger partial charge in [0.25, 0.3) is 0 Å². The summed E-state index contributed by atoms with van der Waals surface area (Å²) >= 11 is 0. The van der Waals surface area contributed by atoms with Gasteiger partial charge >= 0.3 is 39.5 Å². The Balaban J connectivity index is 5.26. The van der Waals surface area contributed by atoms with Crippen molar-refractivity contribution in [3.63, 3.8) is 0 Å². The molecule has 0 aliphatic rings. The number of allylic oxidation sites excluding steroid dienone is 4. The maximum Gasteiger partial charge on any atom is 0.472 e. The monoisotopic (exact) mass is 1310 g/mol. The molecule has 0 rings (SSSR count). The van der Waals surface area contributed by atoms with E-state index in [-0.39, 0.29) is 25.7 Å². The van der Waals surface area contributed by atoms with Crippen LogP contribution in [0.2, 0.25) is 0 Å². The van der Waals surface area contributed by atoms with Gasteiger partial charge in [0.05, 0.1) is 26.4 Å². The Morgan fingerprint density at radius 2 is 0.607 bits per heavy atom. The summed E-state index contributed by atoms with van der Waals surface area (Å²) < 4.78 is 68.2. The molecule has 3 N–H and O–H groups in total. The summed E-state index contributed by atoms with van der Waals surface area (Å²) in [6.07, 6.45) is 52.2. The van der Waals surface area contributed by atoms with Crippen LogP contribution in [-0.4, -0.2) is 96.7 Å². The molecule has 0 heterocycles. The van der Waals surface area contributed by atoms with Crippen LogP contribution in [0.1, 0.15) is 336 Å². The number of phosphoric acid groups is 2. The number of carbonyl (C=O) groups is 4. The van der Waals surface area contributed by atoms with Gasteiger partial charge in [-0.15, -0.1) is 0 Å². The minimum absolute atomic E-state index is 0.0855. The second kappa shape index (κ2) is 63.0. The average Bonchev–Trinajstić information content (AvgIpc) is 3.56. The summed E-state index contributed by atoms with van der Waals surface area (Å²) in [5, 5.41) is 10.6. The Hall–Kier alpha value is -2.46. The summed E-state index contributed by atoms with van der Waals surface area (Å²) in [5.41, 5.74) is 0. The van der Waals surface area contributed by atoms with E-state index in [2.05, 4.69) is 58.9 Å². The number of unbranched alkanes of at least 4 members (excludes halogenated alkanes) is 37. The smallest absolute Gasteiger partial charge is 0.462 e. The van der Waals surface area contributed by atoms with Crippen LogP contribution in [0.5, 0.6) is 0 Å². The first-order chi connectivity index (χ1) is 43.0. The zero-order chi connectivity index (χ0) is 65.6. The van der Waals surface area contributed by atoms with Gasteiger partial charge in [-0.3, -0.25) is 37.3 Å². The highest BCUT2D eigenvalue weighted by Gasteiger charge is 2.30. The SMILES string of the molecule is CCCCCC/C=C\C=C/CCCCCCCC(=O)O[C@H](COC(=O)CCCCCCCCCCCCCCCCC)COP(=O)(O)OC[C@@H](O)COP(=O)(O)OC[C@@H](COC(=O)CCCCCCCCCCC)OC(=O)CCCCCCCCCC(C)C. The number of esters is 4. The van der Waals surface area contributed by atoms with E-state index in [1.54, 1.807) is 0 Å². The second-order valence-corrected chi connectivity index (χ2v) is 28.0. The summed E-state index contributed by atoms with van der Waals surface area (Å²) in [4.78, 5) is 72.4. The van der Waals surface area contributed by atoms with Gasteiger partial charge in [-0.25, -0.2) is 9.13 Å². The molecule has 0 aromatic rings. The molecular weight excluding hydrogens is 1170 g/mol. The lowest BCUT2D eigenvalue weighted by atomic mass is 10.0. The lowest BCUT2D eigenvalue weighted by Crippen LogP contribution is -2.30. The molecule has 89 heavy (non-hydrogen) atoms. The van der Waals surface area contributed by atoms with Crippen molar-refractivity contribution in [2.45, 2.75) is 355 Å². The summed E-state index contributed by atoms with van der Waals surface area (Å²) in [5.74, 6) is -1.46. The maximum absolute atomic E-state index is 13.0. The van der Waals surface area contributed by atoms with Gasteiger partial charge in [0.1, 0.15) is 19.3 Å². The van der Waals surface area contributed by atoms with Crippen LogP contribution in [0.3, 0.4) is 0 Å². The molecule has 0 aromatic heterocycles. The molecule has 0 radical (unpaired) electrons. The molecule has 0 aromatic carbocycles. The number of aliphatic hydroxyl groups is 1. The van der Waals surface area contributed by atoms with E-state index in [4.69, 9.17) is 37.0 Å². The highest BCUT2D eigenvalue weighted by atomic mass is 31.2. The van der Waals surface area contributed by atoms with Crippen LogP contribution >= 0.6 is 15.6 Å². The Morgan fingerprint density at radius 1 is 0.348 bits per heavy atom. The molecule has 0 spiro atoms. The molecule has 0 saturated heterocycles. The van der Waals surface area contributed by atoms with Gasteiger partial charge in [-0.1, -0.05) is 284 Å². The number of carbonyl (C=O) groups excluding carboxylic acids is 4. The first-order valence-electron chi connectivity index (χ1n) is 36.0. The summed E-state index contributed by atoms with van der Waals surface area (Å²) in [6, 6.07) is 0. The fourth-order valence-corrected chi connectivity index (χ4v) is 11.7. The number of rotatable bonds is 68. The lowest BCUT2D eigenvalue weighted by molar-refractivity contribution is -0.161. The molecule has 19 heteroatoms. The van der Waals surface area contributed by atoms with Crippen molar-refractivity contribution in [1.82, 2.24) is 0 Å². The molecular formula is C70H132O17P2. The third-order valence-corrected chi connectivity index (χ3v) is 17.6. The number of hydrogen-bond donors (Lipinski definition) is 3. The fraction of sp³-hybridized carbons (Fsp3) is 0.886. The Bertz CT molecular complexity index is 1810. The van der Waals surface area contributed by atoms with Crippen LogP contribution in [0.25, 0.3) is 0 Å². The van der Waals surface area contributed by atoms with Gasteiger partial charge in [-0.2, -0.15) is 0 Å². The van der Waals surface area contributed by atoms with Crippen LogP contribution in [0, 0.1) is 5.92 Å². The maximum atomic E-state index is 13.0. The van der Waals surface area contributed by atoms with E-state index >= 15 is 0 Å². The molecule has 17 nitrogen and oxygen atoms in total. The van der Waals surface area contributed by atoms with Gasteiger partial charge in [-0.05, 0) is 57.3 Å². The Morgan fingerprint density at radius 3 is 0.921 bits per heavy atom. The van der Waals surface area contributed by atoms with Crippen molar-refractivity contribution >= 4 is 39.5 Å². The number of aliphatic hydroxyl groups excluding tert-OH is 1. The van der Waals surface area contributed by atoms with Gasteiger partial charge < -0.3 is 33.8 Å². The van der Waals surface area contributed by atoms with E-state index in [1.165, 1.54) is 148 Å². The predicted octanol–water partition coefficient (Wildman–Crippen LogP) is 19.7. The zero-order valence-corrected chi connectivity index (χ0v) is 58.8. The quantitative estimate of drug-likeness (QED) is 0.0169. The van der Waals surface area contributed by atoms with Gasteiger partial charge in [0.2, 0.25) is 0 Å². The van der Waals surface area contributed by atoms with E-state index in [0.717, 1.165) is 103 Å². The Labute approximate surface area is 542 Å². The Kier molecular flexibility index (Phi) is 61.2. The van der Waals surface area contributed by atoms with E-state index in [0.29, 0.717) is 31.6 Å². The average molecular weight is 1310 g/mol. The predicted molar refractivity (Wildman–Crippen MR) is 358 cm³/mol. The third-order valence-electron chi connectivity index (χ3n) is 15.7. The molecule has 0 aliphatic carbocycles. The van der Waals surface area contributed by atoms with Crippen LogP contribution in [-0.2, 0) is 65.4 Å². The van der Waals surface area contributed by atoms with E-state index in [1.807, 2.05) is 0 Å². The number of hydrogen-bond acceptors (Lipinski definition) is 15. The topological polar surface area (TPSA) is 237 Å². The minimum Gasteiger partial charge on any atom is -0.462 e. The second-order valence-electron chi connectivity index (χ2n) is 25.1. The van der Waals surface area contributed by atoms with Crippen molar-refractivity contribution in [1.29, 1.82) is 0 Å². The summed E-state index contributed by atoms with van der Waals surface area (Å²) in [6.45, 7) is 7.10. The standard InChI is InChI=1S/C70H132O17P2/c1-6-9-12-15-18-21-23-25-27-29-31-34-39-44-49-54-68(73)81-59-65(86-69(74)55-50-45-40-35-32-30-28-26-24-22-19-16-13-10-7-2)61-84-88(76,77)82-57-64(71)58-83-89(78,79)85-62-66(60-80-67(72)53-48-43-38-33-20-17-14-11-8-3)87-70(75)56-51-46-41-36-37-42-47-52-63(4)5/h22,24,26,28,63-66,71H,6-21,23,25,27,29-62H2,1-5H3,(H,76,77)(H,78,79)/b24-22-,28-26-/t64-,65-,66-/m1/s1. The number of ether oxygens (including phenoxy) is 4. The van der Waals surface area contributed by atoms with Crippen molar-refractivity contribution in [2.24, 2.45) is 5.92 Å². The summed E-state index contributed by atoms with van der Waals surface area (Å²) in [7, 11) is -9.91. The molecule has 0 fully saturated rings. The fourth-order valence-electron chi connectivity index (χ4n) is 10.1. The third kappa shape index (κ3) is 64.1. The zero-order valence-electron chi connectivity index (χ0n) is 57.0. The number of phosphoric ester groups is 2. The van der Waals surface area contributed by atoms with Crippen molar-refractivity contribution in [3.05, 3.63) is 24.3 Å². The first kappa shape index (κ1) is 86.5. The normalized spacial score (nSPS) is 14.3. The molecule has 5 atom stereocenters. The minimum atomic E-state index is -4.96. The molecule has 0 saturated carbocycles. The van der Waals surface area contributed by atoms with Gasteiger partial charge in [0.15, 0.2) is 12.2 Å². The van der Waals surface area contributed by atoms with Crippen LogP contribution in [0.4, 0.5) is 0 Å². The van der Waals surface area contributed by atoms with Gasteiger partial charge in [0, 0.05) is 25.7 Å². The molecule has 0 amide bonds. The first-order valence-corrected chi connectivity index (χ1v) is 38.9. The van der Waals surface area contributed by atoms with Crippen molar-refractivity contribution < 1.29 is 80.2 Å². The van der Waals surface area contributed by atoms with E-state index < -0.39 is 97.5 Å². The van der Waals surface area contributed by atoms with Crippen molar-refractivity contribution in [3.8, 4) is 0 Å². The molecule has 2 unspecified atom stereocenters. The largest absolute Gasteiger partial charge is 0.472 e. The van der Waals surface area contributed by atoms with Crippen molar-refractivity contribution in [2.75, 3.05) is 39.6 Å². The molecule has 0 bridgehead atoms. The highest BCUT2D eigenvalue weighted by molar-refractivity contribution is 7.47. The molecule has 0 aliphatic heterocycles. The lowest BCUT2D eigenvalue weighted by Gasteiger charge is -2.21. The van der Waals surface area contributed by atoms with Crippen LogP contribution < -0.4 is 0 Å². The molecule has 524 valence electrons. The highest BCUT2D eigenvalue weighted by Crippen LogP contribution is 2.45. The van der Waals surface area contributed by atoms with E-state index in [9.17, 15) is 43.2 Å².